The van der Waals surface area contributed by atoms with Crippen molar-refractivity contribution in [2.45, 2.75) is 52.3 Å². The van der Waals surface area contributed by atoms with E-state index in [1.165, 1.54) is 0 Å². The number of hydrogen-bond donors (Lipinski definition) is 3. The maximum Gasteiger partial charge on any atom is 0.246 e. The highest BCUT2D eigenvalue weighted by Gasteiger charge is 2.09. The minimum Gasteiger partial charge on any atom is -0.379 e. The van der Waals surface area contributed by atoms with Gasteiger partial charge in [-0.15, -0.1) is 0 Å². The van der Waals surface area contributed by atoms with Crippen molar-refractivity contribution < 1.29 is 9.90 Å². The first-order chi connectivity index (χ1) is 7.51. The van der Waals surface area contributed by atoms with Crippen molar-refractivity contribution in [3.8, 4) is 0 Å². The molecule has 4 nitrogen and oxygen atoms in total. The van der Waals surface area contributed by atoms with Crippen LogP contribution in [0.4, 0.5) is 0 Å². The number of carbonyl (C=O) groups excluding carboxylic acids is 1. The SMILES string of the molecule is C=C(C)C(=O)NCCC(O)NC(CC)CC. The lowest BCUT2D eigenvalue weighted by atomic mass is 10.1. The first-order valence-electron chi connectivity index (χ1n) is 5.89. The Bertz CT molecular complexity index is 225. The monoisotopic (exact) mass is 228 g/mol. The van der Waals surface area contributed by atoms with Crippen LogP contribution in [0, 0.1) is 0 Å². The van der Waals surface area contributed by atoms with Gasteiger partial charge in [0.15, 0.2) is 0 Å². The molecule has 1 amide bonds. The molecule has 1 atom stereocenters. The Labute approximate surface area is 98.1 Å². The second kappa shape index (κ2) is 8.30. The fourth-order valence-electron chi connectivity index (χ4n) is 1.35. The van der Waals surface area contributed by atoms with E-state index in [0.717, 1.165) is 12.8 Å². The average molecular weight is 228 g/mol. The summed E-state index contributed by atoms with van der Waals surface area (Å²) in [5.74, 6) is -0.158. The van der Waals surface area contributed by atoms with Crippen molar-refractivity contribution in [2.24, 2.45) is 0 Å². The summed E-state index contributed by atoms with van der Waals surface area (Å²) in [5, 5.41) is 15.4. The first-order valence-corrected chi connectivity index (χ1v) is 5.89. The molecule has 0 spiro atoms. The number of aliphatic hydroxyl groups excluding tert-OH is 1. The average Bonchev–Trinajstić information content (AvgIpc) is 2.25. The molecule has 4 heteroatoms. The molecule has 0 aliphatic rings. The fourth-order valence-corrected chi connectivity index (χ4v) is 1.35. The number of carbonyl (C=O) groups is 1. The molecule has 0 aromatic heterocycles. The van der Waals surface area contributed by atoms with Crippen molar-refractivity contribution in [1.82, 2.24) is 10.6 Å². The van der Waals surface area contributed by atoms with Gasteiger partial charge in [-0.2, -0.15) is 0 Å². The van der Waals surface area contributed by atoms with Gasteiger partial charge in [0, 0.05) is 24.6 Å². The Morgan fingerprint density at radius 3 is 2.38 bits per heavy atom. The van der Waals surface area contributed by atoms with Crippen LogP contribution in [0.2, 0.25) is 0 Å². The molecule has 0 fully saturated rings. The van der Waals surface area contributed by atoms with Gasteiger partial charge in [-0.3, -0.25) is 10.1 Å². The van der Waals surface area contributed by atoms with Crippen LogP contribution in [0.25, 0.3) is 0 Å². The summed E-state index contributed by atoms with van der Waals surface area (Å²) < 4.78 is 0. The predicted octanol–water partition coefficient (Wildman–Crippen LogP) is 1.17. The van der Waals surface area contributed by atoms with Gasteiger partial charge in [0.1, 0.15) is 6.23 Å². The number of hydrogen-bond acceptors (Lipinski definition) is 3. The Kier molecular flexibility index (Phi) is 7.85. The van der Waals surface area contributed by atoms with Crippen LogP contribution < -0.4 is 10.6 Å². The maximum absolute atomic E-state index is 11.1. The van der Waals surface area contributed by atoms with E-state index in [4.69, 9.17) is 0 Å². The molecule has 0 aromatic rings. The van der Waals surface area contributed by atoms with Crippen molar-refractivity contribution in [2.75, 3.05) is 6.54 Å². The summed E-state index contributed by atoms with van der Waals surface area (Å²) in [4.78, 5) is 11.1. The molecule has 16 heavy (non-hydrogen) atoms. The Balaban J connectivity index is 3.69. The first kappa shape index (κ1) is 15.1. The summed E-state index contributed by atoms with van der Waals surface area (Å²) in [7, 11) is 0. The quantitative estimate of drug-likeness (QED) is 0.431. The van der Waals surface area contributed by atoms with Gasteiger partial charge in [-0.25, -0.2) is 0 Å². The highest BCUT2D eigenvalue weighted by atomic mass is 16.3. The zero-order valence-corrected chi connectivity index (χ0v) is 10.5. The topological polar surface area (TPSA) is 61.4 Å². The standard InChI is InChI=1S/C12H24N2O2/c1-5-10(6-2)14-11(15)7-8-13-12(16)9(3)4/h10-11,14-15H,3,5-8H2,1-2,4H3,(H,13,16). The van der Waals surface area contributed by atoms with Gasteiger partial charge in [0.05, 0.1) is 0 Å². The summed E-state index contributed by atoms with van der Waals surface area (Å²) in [5.41, 5.74) is 0.488. The zero-order valence-electron chi connectivity index (χ0n) is 10.5. The largest absolute Gasteiger partial charge is 0.379 e. The lowest BCUT2D eigenvalue weighted by molar-refractivity contribution is -0.117. The molecule has 0 bridgehead atoms. The molecule has 0 aliphatic heterocycles. The van der Waals surface area contributed by atoms with E-state index >= 15 is 0 Å². The van der Waals surface area contributed by atoms with Crippen molar-refractivity contribution in [3.05, 3.63) is 12.2 Å². The molecule has 0 aromatic carbocycles. The highest BCUT2D eigenvalue weighted by Crippen LogP contribution is 1.99. The van der Waals surface area contributed by atoms with E-state index in [0.29, 0.717) is 24.6 Å². The van der Waals surface area contributed by atoms with E-state index < -0.39 is 6.23 Å². The highest BCUT2D eigenvalue weighted by molar-refractivity contribution is 5.91. The molecule has 0 radical (unpaired) electrons. The van der Waals surface area contributed by atoms with Crippen LogP contribution in [0.3, 0.4) is 0 Å². The molecule has 94 valence electrons. The summed E-state index contributed by atoms with van der Waals surface area (Å²) >= 11 is 0. The molecule has 0 heterocycles. The Morgan fingerprint density at radius 2 is 1.94 bits per heavy atom. The normalized spacial score (nSPS) is 12.6. The van der Waals surface area contributed by atoms with Crippen LogP contribution >= 0.6 is 0 Å². The van der Waals surface area contributed by atoms with E-state index in [2.05, 4.69) is 31.1 Å². The van der Waals surface area contributed by atoms with Crippen LogP contribution in [0.1, 0.15) is 40.0 Å². The molecule has 3 N–H and O–H groups in total. The predicted molar refractivity (Wildman–Crippen MR) is 66.0 cm³/mol. The molecule has 0 aliphatic carbocycles. The lowest BCUT2D eigenvalue weighted by Crippen LogP contribution is -2.40. The van der Waals surface area contributed by atoms with Crippen molar-refractivity contribution in [1.29, 1.82) is 0 Å². The van der Waals surface area contributed by atoms with E-state index in [1.54, 1.807) is 6.92 Å². The third-order valence-corrected chi connectivity index (χ3v) is 2.50. The number of nitrogens with one attached hydrogen (secondary N) is 2. The molecule has 0 saturated carbocycles. The summed E-state index contributed by atoms with van der Waals surface area (Å²) in [6.07, 6.45) is 1.93. The van der Waals surface area contributed by atoms with Crippen LogP contribution in [-0.4, -0.2) is 29.8 Å². The van der Waals surface area contributed by atoms with Gasteiger partial charge in [-0.1, -0.05) is 20.4 Å². The fraction of sp³-hybridized carbons (Fsp3) is 0.750. The molecule has 0 saturated heterocycles. The lowest BCUT2D eigenvalue weighted by Gasteiger charge is -2.20. The molecular weight excluding hydrogens is 204 g/mol. The number of rotatable bonds is 8. The molecule has 1 unspecified atom stereocenters. The Morgan fingerprint density at radius 1 is 1.38 bits per heavy atom. The van der Waals surface area contributed by atoms with Crippen molar-refractivity contribution >= 4 is 5.91 Å². The third-order valence-electron chi connectivity index (χ3n) is 2.50. The van der Waals surface area contributed by atoms with Gasteiger partial charge >= 0.3 is 0 Å². The van der Waals surface area contributed by atoms with Crippen molar-refractivity contribution in [3.63, 3.8) is 0 Å². The number of amides is 1. The minimum absolute atomic E-state index is 0.158. The second-order valence-electron chi connectivity index (χ2n) is 4.02. The van der Waals surface area contributed by atoms with Crippen LogP contribution in [-0.2, 0) is 4.79 Å². The third kappa shape index (κ3) is 6.58. The molecular formula is C12H24N2O2. The molecule has 0 rings (SSSR count). The minimum atomic E-state index is -0.560. The zero-order chi connectivity index (χ0) is 12.6. The smallest absolute Gasteiger partial charge is 0.246 e. The Hall–Kier alpha value is -0.870. The van der Waals surface area contributed by atoms with Gasteiger partial charge in [0.2, 0.25) is 5.91 Å². The van der Waals surface area contributed by atoms with E-state index in [1.807, 2.05) is 0 Å². The van der Waals surface area contributed by atoms with Gasteiger partial charge in [-0.05, 0) is 19.8 Å². The van der Waals surface area contributed by atoms with E-state index in [-0.39, 0.29) is 5.91 Å². The second-order valence-corrected chi connectivity index (χ2v) is 4.02. The summed E-state index contributed by atoms with van der Waals surface area (Å²) in [6.45, 7) is 9.82. The van der Waals surface area contributed by atoms with Gasteiger partial charge in [0.25, 0.3) is 0 Å². The van der Waals surface area contributed by atoms with E-state index in [9.17, 15) is 9.90 Å². The van der Waals surface area contributed by atoms with Crippen LogP contribution in [0.5, 0.6) is 0 Å². The van der Waals surface area contributed by atoms with Gasteiger partial charge < -0.3 is 10.4 Å². The maximum atomic E-state index is 11.1. The summed E-state index contributed by atoms with van der Waals surface area (Å²) in [6, 6.07) is 0.340. The van der Waals surface area contributed by atoms with Crippen LogP contribution in [0.15, 0.2) is 12.2 Å². The number of aliphatic hydroxyl groups is 1.